The minimum atomic E-state index is -4.44. The van der Waals surface area contributed by atoms with Crippen LogP contribution in [0.15, 0.2) is 67.1 Å². The average molecular weight is 613 g/mol. The number of anilines is 1. The second-order valence-corrected chi connectivity index (χ2v) is 11.2. The number of carbonyl (C=O) groups is 1. The van der Waals surface area contributed by atoms with Crippen LogP contribution >= 0.6 is 0 Å². The van der Waals surface area contributed by atoms with Crippen molar-refractivity contribution in [2.75, 3.05) is 38.5 Å². The van der Waals surface area contributed by atoms with Crippen LogP contribution in [-0.4, -0.2) is 79.0 Å². The number of rotatable bonds is 7. The lowest BCUT2D eigenvalue weighted by Crippen LogP contribution is -2.49. The second kappa shape index (κ2) is 16.0. The van der Waals surface area contributed by atoms with E-state index in [1.807, 2.05) is 43.7 Å². The lowest BCUT2D eigenvalue weighted by atomic mass is 10.2. The number of benzene rings is 1. The van der Waals surface area contributed by atoms with Gasteiger partial charge in [-0.15, -0.1) is 6.58 Å². The van der Waals surface area contributed by atoms with Gasteiger partial charge in [0.15, 0.2) is 5.82 Å². The molecule has 0 spiro atoms. The summed E-state index contributed by atoms with van der Waals surface area (Å²) in [5.74, 6) is -0.403. The summed E-state index contributed by atoms with van der Waals surface area (Å²) in [6.45, 7) is 15.2. The molecule has 1 aliphatic rings. The van der Waals surface area contributed by atoms with Crippen LogP contribution in [0.3, 0.4) is 0 Å². The van der Waals surface area contributed by atoms with Gasteiger partial charge in [-0.2, -0.15) is 23.4 Å². The van der Waals surface area contributed by atoms with Crippen LogP contribution in [0, 0.1) is 13.8 Å². The molecule has 2 N–H and O–H groups in total. The number of halogens is 3. The number of aromatic nitrogens is 5. The second-order valence-electron chi connectivity index (χ2n) is 11.2. The molecule has 44 heavy (non-hydrogen) atoms. The zero-order chi connectivity index (χ0) is 32.3. The number of nitrogens with two attached hydrogens (primary N) is 1. The van der Waals surface area contributed by atoms with E-state index in [4.69, 9.17) is 5.73 Å². The summed E-state index contributed by atoms with van der Waals surface area (Å²) >= 11 is 0. The minimum Gasteiger partial charge on any atom is -0.382 e. The molecule has 1 saturated heterocycles. The number of nitrogens with zero attached hydrogens (tertiary/aromatic N) is 7. The zero-order valence-corrected chi connectivity index (χ0v) is 26.0. The fourth-order valence-electron chi connectivity index (χ4n) is 4.65. The Morgan fingerprint density at radius 2 is 1.68 bits per heavy atom. The quantitative estimate of drug-likeness (QED) is 0.278. The Hall–Kier alpha value is -4.19. The van der Waals surface area contributed by atoms with Gasteiger partial charge in [-0.25, -0.2) is 9.50 Å². The van der Waals surface area contributed by atoms with E-state index in [9.17, 15) is 18.0 Å². The Balaban J connectivity index is 0.000000245. The first-order valence-corrected chi connectivity index (χ1v) is 14.6. The highest BCUT2D eigenvalue weighted by molar-refractivity contribution is 5.77. The fraction of sp³-hybridized carbons (Fsp3) is 0.438. The number of allylic oxidation sites excluding steroid dienone is 1. The van der Waals surface area contributed by atoms with Gasteiger partial charge >= 0.3 is 6.18 Å². The first-order valence-electron chi connectivity index (χ1n) is 14.6. The maximum Gasteiger partial charge on any atom is 0.397 e. The molecular weight excluding hydrogens is 569 g/mol. The number of piperazine rings is 1. The van der Waals surface area contributed by atoms with E-state index in [1.165, 1.54) is 27.9 Å². The fourth-order valence-corrected chi connectivity index (χ4v) is 4.65. The van der Waals surface area contributed by atoms with Crippen LogP contribution in [0.25, 0.3) is 5.52 Å². The first kappa shape index (κ1) is 34.3. The van der Waals surface area contributed by atoms with Crippen molar-refractivity contribution in [3.05, 3.63) is 89.7 Å². The molecule has 9 nitrogen and oxygen atoms in total. The number of carbonyl (C=O) groups excluding carboxylic acids is 1. The van der Waals surface area contributed by atoms with Crippen molar-refractivity contribution >= 4 is 17.2 Å². The van der Waals surface area contributed by atoms with Crippen LogP contribution in [0.1, 0.15) is 49.2 Å². The zero-order valence-electron chi connectivity index (χ0n) is 26.0. The monoisotopic (exact) mass is 612 g/mol. The van der Waals surface area contributed by atoms with Crippen LogP contribution in [0.5, 0.6) is 0 Å². The Morgan fingerprint density at radius 3 is 2.27 bits per heavy atom. The number of hydrogen-bond acceptors (Lipinski definition) is 6. The molecule has 5 rings (SSSR count). The maximum absolute atomic E-state index is 12.3. The number of nitrogen functional groups attached to an aromatic ring is 1. The molecule has 238 valence electrons. The number of aryl methyl sites for hydroxylation is 3. The van der Waals surface area contributed by atoms with E-state index in [0.29, 0.717) is 32.0 Å². The van der Waals surface area contributed by atoms with Crippen LogP contribution < -0.4 is 5.73 Å². The summed E-state index contributed by atoms with van der Waals surface area (Å²) in [6.07, 6.45) is -0.629. The van der Waals surface area contributed by atoms with Gasteiger partial charge in [0.2, 0.25) is 5.91 Å². The van der Waals surface area contributed by atoms with Crippen molar-refractivity contribution in [2.45, 2.75) is 59.7 Å². The van der Waals surface area contributed by atoms with Gasteiger partial charge in [0.1, 0.15) is 18.3 Å². The number of fused-ring (bicyclic) bond motifs is 1. The van der Waals surface area contributed by atoms with Crippen molar-refractivity contribution in [1.82, 2.24) is 34.2 Å². The Bertz CT molecular complexity index is 1460. The maximum atomic E-state index is 12.3. The highest BCUT2D eigenvalue weighted by Crippen LogP contribution is 2.21. The molecule has 4 aromatic rings. The highest BCUT2D eigenvalue weighted by atomic mass is 19.4. The van der Waals surface area contributed by atoms with Gasteiger partial charge in [-0.1, -0.05) is 35.9 Å². The van der Waals surface area contributed by atoms with Crippen LogP contribution in [0.2, 0.25) is 0 Å². The normalized spacial score (nSPS) is 13.6. The standard InChI is InChI=1S/C16H21F3N6O.C12H14N2.C4H8/c17-16(18,19)10-14(26)24-8-6-23(7-9-24)5-1-2-12-3-4-13-15(20)21-11-22-25(12)13;1-10-8-14(13-11(10)2)9-12-6-4-3-5-7-12;1-4(2)3/h3-4,11H,1-2,5-10H2,(H2,20,21,22);3-8H,9H2,1-2H3;1H2,2-3H3. The SMILES string of the molecule is C=C(C)C.Cc1cn(Cc2ccccc2)nc1C.Nc1ncnn2c(CCCN3CCN(C(=O)CC(F)(F)F)CC3)ccc12. The average Bonchev–Trinajstić information content (AvgIpc) is 3.51. The molecular formula is C32H43F3N8O. The van der Waals surface area contributed by atoms with Crippen molar-refractivity contribution in [1.29, 1.82) is 0 Å². The molecule has 12 heteroatoms. The molecule has 0 saturated carbocycles. The molecule has 1 aliphatic heterocycles. The number of amides is 1. The van der Waals surface area contributed by atoms with E-state index in [2.05, 4.69) is 64.0 Å². The van der Waals surface area contributed by atoms with Gasteiger partial charge in [0, 0.05) is 38.1 Å². The van der Waals surface area contributed by atoms with Crippen LogP contribution in [0.4, 0.5) is 19.0 Å². The Labute approximate surface area is 257 Å². The third kappa shape index (κ3) is 11.1. The smallest absolute Gasteiger partial charge is 0.382 e. The Kier molecular flexibility index (Phi) is 12.5. The van der Waals surface area contributed by atoms with E-state index < -0.39 is 18.5 Å². The van der Waals surface area contributed by atoms with Gasteiger partial charge in [-0.05, 0) is 70.3 Å². The summed E-state index contributed by atoms with van der Waals surface area (Å²) < 4.78 is 40.7. The van der Waals surface area contributed by atoms with Crippen molar-refractivity contribution < 1.29 is 18.0 Å². The number of hydrogen-bond donors (Lipinski definition) is 1. The molecule has 1 amide bonds. The Morgan fingerprint density at radius 1 is 1.02 bits per heavy atom. The van der Waals surface area contributed by atoms with E-state index in [1.54, 1.807) is 4.52 Å². The minimum absolute atomic E-state index is 0.340. The van der Waals surface area contributed by atoms with Crippen molar-refractivity contribution in [3.8, 4) is 0 Å². The summed E-state index contributed by atoms with van der Waals surface area (Å²) in [5.41, 5.74) is 12.4. The summed E-state index contributed by atoms with van der Waals surface area (Å²) in [7, 11) is 0. The molecule has 3 aromatic heterocycles. The van der Waals surface area contributed by atoms with Gasteiger partial charge in [-0.3, -0.25) is 14.4 Å². The molecule has 1 fully saturated rings. The lowest BCUT2D eigenvalue weighted by molar-refractivity contribution is -0.162. The van der Waals surface area contributed by atoms with Gasteiger partial charge < -0.3 is 10.6 Å². The van der Waals surface area contributed by atoms with Crippen molar-refractivity contribution in [2.24, 2.45) is 0 Å². The third-order valence-electron chi connectivity index (χ3n) is 6.92. The summed E-state index contributed by atoms with van der Waals surface area (Å²) in [4.78, 5) is 19.0. The molecule has 0 atom stereocenters. The predicted molar refractivity (Wildman–Crippen MR) is 167 cm³/mol. The van der Waals surface area contributed by atoms with E-state index >= 15 is 0 Å². The predicted octanol–water partition coefficient (Wildman–Crippen LogP) is 5.47. The molecule has 0 aliphatic carbocycles. The van der Waals surface area contributed by atoms with E-state index in [0.717, 1.165) is 42.8 Å². The van der Waals surface area contributed by atoms with E-state index in [-0.39, 0.29) is 0 Å². The topological polar surface area (TPSA) is 97.6 Å². The molecule has 0 radical (unpaired) electrons. The van der Waals surface area contributed by atoms with Crippen molar-refractivity contribution in [3.63, 3.8) is 0 Å². The molecule has 4 heterocycles. The van der Waals surface area contributed by atoms with Gasteiger partial charge in [0.25, 0.3) is 0 Å². The molecule has 0 bridgehead atoms. The first-order chi connectivity index (χ1) is 20.8. The third-order valence-corrected chi connectivity index (χ3v) is 6.92. The highest BCUT2D eigenvalue weighted by Gasteiger charge is 2.34. The molecule has 1 aromatic carbocycles. The van der Waals surface area contributed by atoms with Crippen LogP contribution in [-0.2, 0) is 17.8 Å². The largest absolute Gasteiger partial charge is 0.397 e. The van der Waals surface area contributed by atoms with Gasteiger partial charge in [0.05, 0.1) is 12.2 Å². The summed E-state index contributed by atoms with van der Waals surface area (Å²) in [5, 5.41) is 8.62. The number of alkyl halides is 3. The summed E-state index contributed by atoms with van der Waals surface area (Å²) in [6, 6.07) is 14.2. The molecule has 0 unspecified atom stereocenters. The lowest BCUT2D eigenvalue weighted by Gasteiger charge is -2.34.